The summed E-state index contributed by atoms with van der Waals surface area (Å²) in [4.78, 5) is 29.0. The molecule has 0 aromatic carbocycles. The largest absolute Gasteiger partial charge is 0.382 e. The second-order valence-corrected chi connectivity index (χ2v) is 7.48. The Kier molecular flexibility index (Phi) is 7.27. The zero-order chi connectivity index (χ0) is 19.9. The maximum absolute atomic E-state index is 12.4. The molecule has 0 unspecified atom stereocenters. The molecule has 3 heterocycles. The number of aromatic nitrogens is 4. The second-order valence-electron chi connectivity index (χ2n) is 7.48. The molecule has 0 saturated carbocycles. The number of aromatic amines is 1. The average Bonchev–Trinajstić information content (AvgIpc) is 3.02. The lowest BCUT2D eigenvalue weighted by atomic mass is 10.2. The summed E-state index contributed by atoms with van der Waals surface area (Å²) in [5.74, 6) is 0.800. The zero-order valence-electron chi connectivity index (χ0n) is 17.2. The van der Waals surface area contributed by atoms with Crippen LogP contribution < -0.4 is 16.7 Å². The number of imidazole rings is 1. The van der Waals surface area contributed by atoms with Crippen molar-refractivity contribution < 1.29 is 0 Å². The number of nitrogens with two attached hydrogens (primary N) is 1. The third-order valence-corrected chi connectivity index (χ3v) is 5.48. The van der Waals surface area contributed by atoms with E-state index < -0.39 is 0 Å². The van der Waals surface area contributed by atoms with Crippen LogP contribution in [0.25, 0.3) is 11.2 Å². The Morgan fingerprint density at radius 2 is 1.75 bits per heavy atom. The number of aryl methyl sites for hydroxylation is 1. The average molecular weight is 391 g/mol. The predicted octanol–water partition coefficient (Wildman–Crippen LogP) is 1.33. The summed E-state index contributed by atoms with van der Waals surface area (Å²) in [6, 6.07) is 0. The summed E-state index contributed by atoms with van der Waals surface area (Å²) in [6.07, 6.45) is 4.12. The summed E-state index contributed by atoms with van der Waals surface area (Å²) >= 11 is 0. The van der Waals surface area contributed by atoms with Gasteiger partial charge in [0.15, 0.2) is 11.5 Å². The fraction of sp³-hybridized carbons (Fsp3) is 0.737. The Morgan fingerprint density at radius 3 is 2.46 bits per heavy atom. The van der Waals surface area contributed by atoms with Crippen molar-refractivity contribution >= 4 is 22.9 Å². The minimum Gasteiger partial charge on any atom is -0.382 e. The third kappa shape index (κ3) is 5.02. The van der Waals surface area contributed by atoms with Crippen molar-refractivity contribution in [1.29, 1.82) is 0 Å². The van der Waals surface area contributed by atoms with Crippen LogP contribution in [0, 0.1) is 0 Å². The highest BCUT2D eigenvalue weighted by molar-refractivity contribution is 5.82. The molecule has 3 rings (SSSR count). The van der Waals surface area contributed by atoms with Gasteiger partial charge in [-0.15, -0.1) is 0 Å². The molecule has 0 atom stereocenters. The molecule has 9 heteroatoms. The first-order valence-corrected chi connectivity index (χ1v) is 10.6. The molecule has 9 nitrogen and oxygen atoms in total. The van der Waals surface area contributed by atoms with Crippen LogP contribution in [-0.4, -0.2) is 75.1 Å². The Balaban J connectivity index is 1.58. The molecule has 1 fully saturated rings. The van der Waals surface area contributed by atoms with Gasteiger partial charge in [-0.2, -0.15) is 9.97 Å². The number of rotatable bonds is 10. The molecular weight excluding hydrogens is 356 g/mol. The zero-order valence-corrected chi connectivity index (χ0v) is 17.2. The van der Waals surface area contributed by atoms with E-state index in [4.69, 9.17) is 5.73 Å². The summed E-state index contributed by atoms with van der Waals surface area (Å²) < 4.78 is 1.69. The monoisotopic (exact) mass is 390 g/mol. The van der Waals surface area contributed by atoms with Crippen LogP contribution in [0.15, 0.2) is 4.79 Å². The van der Waals surface area contributed by atoms with E-state index in [2.05, 4.69) is 43.9 Å². The number of nitrogen functional groups attached to an aromatic ring is 1. The molecule has 28 heavy (non-hydrogen) atoms. The minimum atomic E-state index is -0.168. The summed E-state index contributed by atoms with van der Waals surface area (Å²) in [6.45, 7) is 12.6. The number of H-pyrrole nitrogens is 1. The molecule has 1 aliphatic heterocycles. The summed E-state index contributed by atoms with van der Waals surface area (Å²) in [5.41, 5.74) is 6.99. The third-order valence-electron chi connectivity index (χ3n) is 5.48. The van der Waals surface area contributed by atoms with E-state index >= 15 is 0 Å². The first-order chi connectivity index (χ1) is 13.6. The molecule has 2 aromatic rings. The van der Waals surface area contributed by atoms with Gasteiger partial charge in [0.05, 0.1) is 0 Å². The van der Waals surface area contributed by atoms with Gasteiger partial charge in [0, 0.05) is 39.3 Å². The maximum Gasteiger partial charge on any atom is 0.327 e. The molecule has 0 bridgehead atoms. The fourth-order valence-corrected chi connectivity index (χ4v) is 3.65. The number of anilines is 2. The molecule has 0 spiro atoms. The van der Waals surface area contributed by atoms with E-state index in [1.54, 1.807) is 4.57 Å². The number of unbranched alkanes of at least 4 members (excludes halogenated alkanes) is 2. The van der Waals surface area contributed by atoms with Crippen molar-refractivity contribution in [1.82, 2.24) is 29.3 Å². The summed E-state index contributed by atoms with van der Waals surface area (Å²) in [7, 11) is 0. The van der Waals surface area contributed by atoms with E-state index in [1.165, 1.54) is 0 Å². The van der Waals surface area contributed by atoms with Gasteiger partial charge < -0.3 is 25.8 Å². The second kappa shape index (κ2) is 9.88. The quantitative estimate of drug-likeness (QED) is 0.525. The SMILES string of the molecule is CCCCNc1nc(N)c2[nH]c(=O)n(CCCCN3CCN(CC)CC3)c2n1. The van der Waals surface area contributed by atoms with Gasteiger partial charge in [0.1, 0.15) is 5.52 Å². The Hall–Kier alpha value is -2.13. The van der Waals surface area contributed by atoms with Crippen LogP contribution >= 0.6 is 0 Å². The molecule has 0 amide bonds. The van der Waals surface area contributed by atoms with Crippen LogP contribution in [0.5, 0.6) is 0 Å². The van der Waals surface area contributed by atoms with Crippen molar-refractivity contribution in [2.24, 2.45) is 0 Å². The van der Waals surface area contributed by atoms with Crippen LogP contribution in [0.2, 0.25) is 0 Å². The summed E-state index contributed by atoms with van der Waals surface area (Å²) in [5, 5.41) is 3.19. The molecule has 0 radical (unpaired) electrons. The lowest BCUT2D eigenvalue weighted by Gasteiger charge is -2.33. The molecule has 1 saturated heterocycles. The van der Waals surface area contributed by atoms with Gasteiger partial charge in [0.2, 0.25) is 5.95 Å². The van der Waals surface area contributed by atoms with Gasteiger partial charge in [-0.3, -0.25) is 4.57 Å². The minimum absolute atomic E-state index is 0.168. The highest BCUT2D eigenvalue weighted by atomic mass is 16.1. The standard InChI is InChI=1S/C19H34N8O/c1-3-5-8-21-18-23-16(20)15-17(24-18)27(19(28)22-15)10-7-6-9-26-13-11-25(4-2)12-14-26/h3-14H2,1-2H3,(H,22,28)(H3,20,21,23,24). The molecular formula is C19H34N8O. The number of hydrogen-bond acceptors (Lipinski definition) is 7. The molecule has 2 aromatic heterocycles. The lowest BCUT2D eigenvalue weighted by molar-refractivity contribution is 0.135. The Morgan fingerprint density at radius 1 is 1.04 bits per heavy atom. The number of hydrogen-bond donors (Lipinski definition) is 3. The molecule has 1 aliphatic rings. The van der Waals surface area contributed by atoms with Crippen LogP contribution in [0.1, 0.15) is 39.5 Å². The lowest BCUT2D eigenvalue weighted by Crippen LogP contribution is -2.46. The fourth-order valence-electron chi connectivity index (χ4n) is 3.65. The maximum atomic E-state index is 12.4. The molecule has 4 N–H and O–H groups in total. The van der Waals surface area contributed by atoms with E-state index in [0.29, 0.717) is 29.5 Å². The predicted molar refractivity (Wildman–Crippen MR) is 114 cm³/mol. The number of nitrogens with zero attached hydrogens (tertiary/aromatic N) is 5. The van der Waals surface area contributed by atoms with E-state index in [0.717, 1.165) is 71.5 Å². The van der Waals surface area contributed by atoms with E-state index in [1.807, 2.05) is 0 Å². The molecule has 156 valence electrons. The van der Waals surface area contributed by atoms with Gasteiger partial charge in [-0.25, -0.2) is 4.79 Å². The van der Waals surface area contributed by atoms with Gasteiger partial charge in [-0.05, 0) is 32.4 Å². The number of piperazine rings is 1. The molecule has 0 aliphatic carbocycles. The van der Waals surface area contributed by atoms with Crippen molar-refractivity contribution in [2.45, 2.75) is 46.1 Å². The van der Waals surface area contributed by atoms with E-state index in [9.17, 15) is 4.79 Å². The van der Waals surface area contributed by atoms with Crippen molar-refractivity contribution in [3.8, 4) is 0 Å². The van der Waals surface area contributed by atoms with E-state index in [-0.39, 0.29) is 5.69 Å². The highest BCUT2D eigenvalue weighted by Crippen LogP contribution is 2.17. The first-order valence-electron chi connectivity index (χ1n) is 10.6. The number of fused-ring (bicyclic) bond motifs is 1. The highest BCUT2D eigenvalue weighted by Gasteiger charge is 2.16. The number of likely N-dealkylation sites (N-methyl/N-ethyl adjacent to an activating group) is 1. The van der Waals surface area contributed by atoms with Crippen molar-refractivity contribution in [3.05, 3.63) is 10.5 Å². The Bertz CT molecular complexity index is 806. The van der Waals surface area contributed by atoms with Crippen molar-refractivity contribution in [2.75, 3.05) is 56.9 Å². The Labute approximate surface area is 166 Å². The smallest absolute Gasteiger partial charge is 0.327 e. The first kappa shape index (κ1) is 20.6. The van der Waals surface area contributed by atoms with Gasteiger partial charge in [0.25, 0.3) is 0 Å². The number of nitrogens with one attached hydrogen (secondary N) is 2. The normalized spacial score (nSPS) is 16.1. The van der Waals surface area contributed by atoms with Crippen molar-refractivity contribution in [3.63, 3.8) is 0 Å². The van der Waals surface area contributed by atoms with Gasteiger partial charge in [-0.1, -0.05) is 20.3 Å². The topological polar surface area (TPSA) is 108 Å². The van der Waals surface area contributed by atoms with Crippen LogP contribution in [-0.2, 0) is 6.54 Å². The van der Waals surface area contributed by atoms with Gasteiger partial charge >= 0.3 is 5.69 Å². The van der Waals surface area contributed by atoms with Crippen LogP contribution in [0.3, 0.4) is 0 Å². The van der Waals surface area contributed by atoms with Crippen LogP contribution in [0.4, 0.5) is 11.8 Å².